The number of allylic oxidation sites excluding steroid dienone is 2. The number of carbonyl (C=O) groups excluding carboxylic acids is 1. The zero-order valence-electron chi connectivity index (χ0n) is 15.6. The number of hydrogen-bond donors (Lipinski definition) is 1. The predicted octanol–water partition coefficient (Wildman–Crippen LogP) is 5.98. The second-order valence-electron chi connectivity index (χ2n) is 7.82. The highest BCUT2D eigenvalue weighted by molar-refractivity contribution is 6.30. The number of benzene rings is 2. The smallest absolute Gasteiger partial charge is 0.338 e. The van der Waals surface area contributed by atoms with Crippen molar-refractivity contribution in [3.63, 3.8) is 0 Å². The van der Waals surface area contributed by atoms with Crippen molar-refractivity contribution >= 4 is 23.3 Å². The van der Waals surface area contributed by atoms with Crippen molar-refractivity contribution in [1.29, 1.82) is 0 Å². The molecule has 0 fully saturated rings. The lowest BCUT2D eigenvalue weighted by molar-refractivity contribution is 0.0459. The Bertz CT molecular complexity index is 872. The molecule has 140 valence electrons. The molecule has 0 spiro atoms. The first-order chi connectivity index (χ1) is 13.0. The molecule has 1 heterocycles. The van der Waals surface area contributed by atoms with E-state index in [2.05, 4.69) is 29.6 Å². The fourth-order valence-electron chi connectivity index (χ4n) is 4.05. The minimum atomic E-state index is -0.246. The molecule has 0 amide bonds. The average Bonchev–Trinajstić information content (AvgIpc) is 3.16. The molecule has 3 nitrogen and oxygen atoms in total. The van der Waals surface area contributed by atoms with Gasteiger partial charge in [0.05, 0.1) is 18.2 Å². The second kappa shape index (κ2) is 7.40. The highest BCUT2D eigenvalue weighted by Gasteiger charge is 2.38. The standard InChI is InChI=1S/C23H24ClNO2/c1-14(2)13-27-23(26)16-8-11-21-20(12-16)18-4-3-5-19(18)22(25-21)15-6-9-17(24)10-7-15/h3-4,6-12,14,18-19,22,25H,5,13H2,1-2H3/t18-,19-,22+/m1/s1. The van der Waals surface area contributed by atoms with Gasteiger partial charge < -0.3 is 10.1 Å². The summed E-state index contributed by atoms with van der Waals surface area (Å²) < 4.78 is 5.40. The summed E-state index contributed by atoms with van der Waals surface area (Å²) in [7, 11) is 0. The molecular weight excluding hydrogens is 358 g/mol. The van der Waals surface area contributed by atoms with Crippen LogP contribution in [0, 0.1) is 11.8 Å². The summed E-state index contributed by atoms with van der Waals surface area (Å²) in [5.74, 6) is 0.820. The number of anilines is 1. The molecule has 27 heavy (non-hydrogen) atoms. The van der Waals surface area contributed by atoms with E-state index in [1.54, 1.807) is 0 Å². The molecule has 0 saturated heterocycles. The Morgan fingerprint density at radius 3 is 2.74 bits per heavy atom. The van der Waals surface area contributed by atoms with Crippen LogP contribution in [0.25, 0.3) is 0 Å². The average molecular weight is 382 g/mol. The van der Waals surface area contributed by atoms with Crippen LogP contribution in [0.4, 0.5) is 5.69 Å². The molecule has 0 radical (unpaired) electrons. The van der Waals surface area contributed by atoms with E-state index in [1.807, 2.05) is 44.2 Å². The van der Waals surface area contributed by atoms with E-state index in [-0.39, 0.29) is 12.0 Å². The summed E-state index contributed by atoms with van der Waals surface area (Å²) in [6, 6.07) is 14.2. The van der Waals surface area contributed by atoms with Gasteiger partial charge in [0.1, 0.15) is 0 Å². The molecule has 4 heteroatoms. The number of esters is 1. The van der Waals surface area contributed by atoms with E-state index in [0.717, 1.165) is 17.1 Å². The van der Waals surface area contributed by atoms with E-state index in [1.165, 1.54) is 11.1 Å². The quantitative estimate of drug-likeness (QED) is 0.523. The summed E-state index contributed by atoms with van der Waals surface area (Å²) in [6.45, 7) is 4.52. The largest absolute Gasteiger partial charge is 0.462 e. The van der Waals surface area contributed by atoms with Gasteiger partial charge in [0.25, 0.3) is 0 Å². The van der Waals surface area contributed by atoms with Crippen LogP contribution in [-0.4, -0.2) is 12.6 Å². The third-order valence-corrected chi connectivity index (χ3v) is 5.63. The first-order valence-corrected chi connectivity index (χ1v) is 9.90. The SMILES string of the molecule is CC(C)COC(=O)c1ccc2c(c1)[C@@H]1C=CC[C@H]1[C@H](c1ccc(Cl)cc1)N2. The Morgan fingerprint density at radius 2 is 2.00 bits per heavy atom. The van der Waals surface area contributed by atoms with Gasteiger partial charge in [-0.1, -0.05) is 49.7 Å². The molecule has 3 atom stereocenters. The van der Waals surface area contributed by atoms with Crippen LogP contribution in [0.5, 0.6) is 0 Å². The number of halogens is 1. The molecule has 0 saturated carbocycles. The van der Waals surface area contributed by atoms with Gasteiger partial charge in [-0.25, -0.2) is 4.79 Å². The first-order valence-electron chi connectivity index (χ1n) is 9.52. The van der Waals surface area contributed by atoms with Crippen molar-refractivity contribution < 1.29 is 9.53 Å². The molecule has 0 aromatic heterocycles. The maximum Gasteiger partial charge on any atom is 0.338 e. The summed E-state index contributed by atoms with van der Waals surface area (Å²) >= 11 is 6.06. The highest BCUT2D eigenvalue weighted by Crippen LogP contribution is 2.50. The summed E-state index contributed by atoms with van der Waals surface area (Å²) in [5, 5.41) is 4.44. The van der Waals surface area contributed by atoms with Gasteiger partial charge in [0.15, 0.2) is 0 Å². The zero-order chi connectivity index (χ0) is 19.0. The summed E-state index contributed by atoms with van der Waals surface area (Å²) in [6.07, 6.45) is 5.54. The van der Waals surface area contributed by atoms with Crippen molar-refractivity contribution in [1.82, 2.24) is 0 Å². The minimum Gasteiger partial charge on any atom is -0.462 e. The molecule has 0 unspecified atom stereocenters. The molecule has 2 aromatic carbocycles. The molecule has 2 aliphatic rings. The van der Waals surface area contributed by atoms with Crippen molar-refractivity contribution in [3.05, 3.63) is 76.3 Å². The lowest BCUT2D eigenvalue weighted by atomic mass is 9.76. The van der Waals surface area contributed by atoms with Gasteiger partial charge in [0, 0.05) is 16.6 Å². The van der Waals surface area contributed by atoms with Gasteiger partial charge in [-0.15, -0.1) is 0 Å². The number of ether oxygens (including phenoxy) is 1. The van der Waals surface area contributed by atoms with Gasteiger partial charge in [-0.3, -0.25) is 0 Å². The monoisotopic (exact) mass is 381 g/mol. The van der Waals surface area contributed by atoms with Crippen LogP contribution < -0.4 is 5.32 Å². The fourth-order valence-corrected chi connectivity index (χ4v) is 4.17. The van der Waals surface area contributed by atoms with Crippen molar-refractivity contribution in [2.45, 2.75) is 32.2 Å². The number of rotatable bonds is 4. The Balaban J connectivity index is 1.63. The molecule has 0 bridgehead atoms. The van der Waals surface area contributed by atoms with Crippen LogP contribution in [0.1, 0.15) is 53.7 Å². The van der Waals surface area contributed by atoms with Gasteiger partial charge in [0.2, 0.25) is 0 Å². The van der Waals surface area contributed by atoms with E-state index in [9.17, 15) is 4.79 Å². The normalized spacial score (nSPS) is 22.9. The topological polar surface area (TPSA) is 38.3 Å². The van der Waals surface area contributed by atoms with Crippen molar-refractivity contribution in [2.75, 3.05) is 11.9 Å². The van der Waals surface area contributed by atoms with Gasteiger partial charge >= 0.3 is 5.97 Å². The number of hydrogen-bond acceptors (Lipinski definition) is 3. The van der Waals surface area contributed by atoms with Gasteiger partial charge in [-0.05, 0) is 59.7 Å². The second-order valence-corrected chi connectivity index (χ2v) is 8.26. The maximum absolute atomic E-state index is 12.4. The number of carbonyl (C=O) groups is 1. The van der Waals surface area contributed by atoms with Crippen LogP contribution in [0.3, 0.4) is 0 Å². The molecule has 1 aliphatic carbocycles. The predicted molar refractivity (Wildman–Crippen MR) is 109 cm³/mol. The molecule has 2 aromatic rings. The Hall–Kier alpha value is -2.26. The number of nitrogens with one attached hydrogen (secondary N) is 1. The summed E-state index contributed by atoms with van der Waals surface area (Å²) in [5.41, 5.74) is 4.13. The molecule has 1 aliphatic heterocycles. The lowest BCUT2D eigenvalue weighted by Gasteiger charge is -2.37. The molecule has 1 N–H and O–H groups in total. The highest BCUT2D eigenvalue weighted by atomic mass is 35.5. The molecular formula is C23H24ClNO2. The Morgan fingerprint density at radius 1 is 1.22 bits per heavy atom. The van der Waals surface area contributed by atoms with Crippen LogP contribution in [0.15, 0.2) is 54.6 Å². The Labute approximate surface area is 165 Å². The maximum atomic E-state index is 12.4. The Kier molecular flexibility index (Phi) is 4.96. The lowest BCUT2D eigenvalue weighted by Crippen LogP contribution is -2.29. The van der Waals surface area contributed by atoms with E-state index in [4.69, 9.17) is 16.3 Å². The number of fused-ring (bicyclic) bond motifs is 3. The first kappa shape index (κ1) is 18.1. The van der Waals surface area contributed by atoms with Crippen molar-refractivity contribution in [3.8, 4) is 0 Å². The molecule has 4 rings (SSSR count). The van der Waals surface area contributed by atoms with Crippen LogP contribution in [0.2, 0.25) is 5.02 Å². The zero-order valence-corrected chi connectivity index (χ0v) is 16.4. The van der Waals surface area contributed by atoms with E-state index >= 15 is 0 Å². The summed E-state index contributed by atoms with van der Waals surface area (Å²) in [4.78, 5) is 12.4. The van der Waals surface area contributed by atoms with Gasteiger partial charge in [-0.2, -0.15) is 0 Å². The van der Waals surface area contributed by atoms with Crippen LogP contribution in [-0.2, 0) is 4.74 Å². The van der Waals surface area contributed by atoms with E-state index < -0.39 is 0 Å². The fraction of sp³-hybridized carbons (Fsp3) is 0.348. The third-order valence-electron chi connectivity index (χ3n) is 5.38. The third kappa shape index (κ3) is 3.61. The van der Waals surface area contributed by atoms with Crippen molar-refractivity contribution in [2.24, 2.45) is 11.8 Å². The minimum absolute atomic E-state index is 0.230. The van der Waals surface area contributed by atoms with Crippen LogP contribution >= 0.6 is 11.6 Å². The van der Waals surface area contributed by atoms with E-state index in [0.29, 0.717) is 29.9 Å².